The average Bonchev–Trinajstić information content (AvgIpc) is 3.96. The van der Waals surface area contributed by atoms with Crippen molar-refractivity contribution in [3.8, 4) is 51.0 Å². The molecule has 12 rings (SSSR count). The van der Waals surface area contributed by atoms with E-state index in [1.807, 2.05) is 72.0 Å². The van der Waals surface area contributed by atoms with E-state index in [0.717, 1.165) is 66.3 Å². The molecule has 0 saturated carbocycles. The maximum Gasteiger partial charge on any atom is 0.164 e. The largest absolute Gasteiger partial charge is 0.454 e. The molecule has 0 aliphatic heterocycles. The van der Waals surface area contributed by atoms with Crippen LogP contribution >= 0.6 is 11.3 Å². The van der Waals surface area contributed by atoms with Crippen LogP contribution in [0.15, 0.2) is 186 Å². The molecule has 0 N–H and O–H groups in total. The Morgan fingerprint density at radius 2 is 1.00 bits per heavy atom. The van der Waals surface area contributed by atoms with Gasteiger partial charge in [0.2, 0.25) is 0 Å². The Bertz CT molecular complexity index is 3420. The number of para-hydroxylation sites is 3. The van der Waals surface area contributed by atoms with Crippen LogP contribution < -0.4 is 0 Å². The Balaban J connectivity index is 1.03. The van der Waals surface area contributed by atoms with Gasteiger partial charge >= 0.3 is 0 Å². The molecule has 0 radical (unpaired) electrons. The predicted octanol–water partition coefficient (Wildman–Crippen LogP) is 13.9. The quantitative estimate of drug-likeness (QED) is 0.176. The summed E-state index contributed by atoms with van der Waals surface area (Å²) in [6.07, 6.45) is 0. The number of thiophene rings is 1. The van der Waals surface area contributed by atoms with E-state index in [1.54, 1.807) is 0 Å². The van der Waals surface area contributed by atoms with Crippen molar-refractivity contribution in [2.24, 2.45) is 0 Å². The normalized spacial score (nSPS) is 11.9. The fourth-order valence-corrected chi connectivity index (χ4v) is 9.76. The molecule has 57 heavy (non-hydrogen) atoms. The maximum absolute atomic E-state index is 6.74. The third kappa shape index (κ3) is 4.98. The maximum atomic E-state index is 6.74. The summed E-state index contributed by atoms with van der Waals surface area (Å²) in [6, 6.07) is 63.7. The predicted molar refractivity (Wildman–Crippen MR) is 236 cm³/mol. The summed E-state index contributed by atoms with van der Waals surface area (Å²) in [7, 11) is 0. The number of furan rings is 1. The third-order valence-corrected chi connectivity index (χ3v) is 12.3. The molecule has 12 aromatic rings. The molecule has 0 bridgehead atoms. The number of hydrogen-bond acceptors (Lipinski definition) is 5. The zero-order chi connectivity index (χ0) is 37.5. The van der Waals surface area contributed by atoms with Gasteiger partial charge < -0.3 is 8.98 Å². The molecule has 4 heterocycles. The molecule has 0 atom stereocenters. The fraction of sp³-hybridized carbons (Fsp3) is 0. The van der Waals surface area contributed by atoms with Crippen molar-refractivity contribution in [1.29, 1.82) is 0 Å². The van der Waals surface area contributed by atoms with Gasteiger partial charge in [-0.2, -0.15) is 0 Å². The summed E-state index contributed by atoms with van der Waals surface area (Å²) in [4.78, 5) is 15.1. The number of rotatable bonds is 5. The second-order valence-corrected chi connectivity index (χ2v) is 15.4. The zero-order valence-corrected chi connectivity index (χ0v) is 31.2. The molecule has 0 spiro atoms. The lowest BCUT2D eigenvalue weighted by atomic mass is 9.99. The van der Waals surface area contributed by atoms with E-state index in [0.29, 0.717) is 17.5 Å². The van der Waals surface area contributed by atoms with Crippen LogP contribution in [0.1, 0.15) is 0 Å². The van der Waals surface area contributed by atoms with Crippen LogP contribution in [0.4, 0.5) is 0 Å². The summed E-state index contributed by atoms with van der Waals surface area (Å²) in [5.74, 6) is 1.96. The molecule has 8 aromatic carbocycles. The van der Waals surface area contributed by atoms with E-state index >= 15 is 0 Å². The molecular weight excluding hydrogens is 717 g/mol. The standard InChI is InChI=1S/C51H30N4OS/c1-3-14-31(15-4-1)49-52-50(32-16-5-2-6-17-32)54-51(53-49)39-23-13-27-45-46(39)38-22-11-20-34(48(38)57-45)33-28-29-44-40(30-33)37-21-12-26-43(47(37)56-44)55-41-24-9-7-18-35(41)36-19-8-10-25-42(36)55/h1-30H. The Labute approximate surface area is 330 Å². The van der Waals surface area contributed by atoms with Gasteiger partial charge in [0, 0.05) is 58.4 Å². The first-order valence-corrected chi connectivity index (χ1v) is 19.8. The van der Waals surface area contributed by atoms with Crippen molar-refractivity contribution in [1.82, 2.24) is 19.5 Å². The second kappa shape index (κ2) is 12.6. The number of fused-ring (bicyclic) bond motifs is 9. The van der Waals surface area contributed by atoms with Gasteiger partial charge in [0.1, 0.15) is 5.58 Å². The van der Waals surface area contributed by atoms with Gasteiger partial charge in [0.05, 0.1) is 16.7 Å². The van der Waals surface area contributed by atoms with Gasteiger partial charge in [-0.3, -0.25) is 0 Å². The van der Waals surface area contributed by atoms with Crippen molar-refractivity contribution in [3.05, 3.63) is 182 Å². The summed E-state index contributed by atoms with van der Waals surface area (Å²) in [6.45, 7) is 0. The van der Waals surface area contributed by atoms with Gasteiger partial charge in [0.15, 0.2) is 23.1 Å². The van der Waals surface area contributed by atoms with Crippen LogP contribution in [0.2, 0.25) is 0 Å². The molecular formula is C51H30N4OS. The molecule has 0 saturated heterocycles. The molecule has 5 nitrogen and oxygen atoms in total. The van der Waals surface area contributed by atoms with Crippen molar-refractivity contribution < 1.29 is 4.42 Å². The van der Waals surface area contributed by atoms with Crippen molar-refractivity contribution >= 4 is 75.3 Å². The van der Waals surface area contributed by atoms with Gasteiger partial charge in [-0.05, 0) is 47.5 Å². The van der Waals surface area contributed by atoms with E-state index in [4.69, 9.17) is 19.4 Å². The number of nitrogens with zero attached hydrogens (tertiary/aromatic N) is 4. The first-order chi connectivity index (χ1) is 28.3. The van der Waals surface area contributed by atoms with Crippen LogP contribution in [0, 0.1) is 0 Å². The fourth-order valence-electron chi connectivity index (χ4n) is 8.50. The molecule has 0 aliphatic rings. The molecule has 4 aromatic heterocycles. The minimum Gasteiger partial charge on any atom is -0.454 e. The number of benzene rings is 8. The van der Waals surface area contributed by atoms with E-state index in [1.165, 1.54) is 31.1 Å². The summed E-state index contributed by atoms with van der Waals surface area (Å²) >= 11 is 1.81. The monoisotopic (exact) mass is 746 g/mol. The molecule has 0 aliphatic carbocycles. The second-order valence-electron chi connectivity index (χ2n) is 14.3. The summed E-state index contributed by atoms with van der Waals surface area (Å²) in [5, 5.41) is 6.97. The lowest BCUT2D eigenvalue weighted by Crippen LogP contribution is -2.00. The molecule has 6 heteroatoms. The first-order valence-electron chi connectivity index (χ1n) is 19.0. The average molecular weight is 747 g/mol. The molecule has 0 amide bonds. The van der Waals surface area contributed by atoms with Gasteiger partial charge in [-0.25, -0.2) is 15.0 Å². The molecule has 0 fully saturated rings. The van der Waals surface area contributed by atoms with Crippen LogP contribution in [-0.4, -0.2) is 19.5 Å². The Morgan fingerprint density at radius 1 is 0.421 bits per heavy atom. The zero-order valence-electron chi connectivity index (χ0n) is 30.4. The smallest absolute Gasteiger partial charge is 0.164 e. The van der Waals surface area contributed by atoms with Gasteiger partial charge in [-0.1, -0.05) is 146 Å². The Kier molecular flexibility index (Phi) is 7.03. The van der Waals surface area contributed by atoms with Crippen LogP contribution in [0.3, 0.4) is 0 Å². The lowest BCUT2D eigenvalue weighted by molar-refractivity contribution is 0.666. The highest BCUT2D eigenvalue weighted by atomic mass is 32.1. The summed E-state index contributed by atoms with van der Waals surface area (Å²) in [5.41, 5.74) is 10.3. The van der Waals surface area contributed by atoms with Gasteiger partial charge in [-0.15, -0.1) is 11.3 Å². The van der Waals surface area contributed by atoms with Gasteiger partial charge in [0.25, 0.3) is 0 Å². The molecule has 0 unspecified atom stereocenters. The van der Waals surface area contributed by atoms with Crippen LogP contribution in [0.25, 0.3) is 115 Å². The highest BCUT2D eigenvalue weighted by Crippen LogP contribution is 2.45. The van der Waals surface area contributed by atoms with Crippen LogP contribution in [0.5, 0.6) is 0 Å². The first kappa shape index (κ1) is 31.9. The number of hydrogen-bond donors (Lipinski definition) is 0. The van der Waals surface area contributed by atoms with E-state index in [-0.39, 0.29) is 0 Å². The Hall–Kier alpha value is -7.41. The van der Waals surface area contributed by atoms with Crippen molar-refractivity contribution in [2.75, 3.05) is 0 Å². The van der Waals surface area contributed by atoms with E-state index < -0.39 is 0 Å². The summed E-state index contributed by atoms with van der Waals surface area (Å²) < 4.78 is 11.5. The lowest BCUT2D eigenvalue weighted by Gasteiger charge is -2.09. The molecule has 266 valence electrons. The third-order valence-electron chi connectivity index (χ3n) is 11.1. The minimum atomic E-state index is 0.652. The van der Waals surface area contributed by atoms with Crippen LogP contribution in [-0.2, 0) is 0 Å². The van der Waals surface area contributed by atoms with Crippen molar-refractivity contribution in [3.63, 3.8) is 0 Å². The number of aromatic nitrogens is 4. The highest BCUT2D eigenvalue weighted by molar-refractivity contribution is 7.26. The topological polar surface area (TPSA) is 56.7 Å². The van der Waals surface area contributed by atoms with Crippen molar-refractivity contribution in [2.45, 2.75) is 0 Å². The highest BCUT2D eigenvalue weighted by Gasteiger charge is 2.21. The SMILES string of the molecule is c1ccc(-c2nc(-c3ccccc3)nc(-c3cccc4sc5c(-c6ccc7oc8c(-n9c%10ccccc%10c%10ccccc%109)cccc8c7c6)cccc5c34)n2)cc1. The minimum absolute atomic E-state index is 0.652. The van der Waals surface area contributed by atoms with E-state index in [2.05, 4.69) is 126 Å². The Morgan fingerprint density at radius 3 is 1.72 bits per heavy atom. The van der Waals surface area contributed by atoms with E-state index in [9.17, 15) is 0 Å².